The molecule has 220 valence electrons. The van der Waals surface area contributed by atoms with Gasteiger partial charge in [-0.3, -0.25) is 0 Å². The van der Waals surface area contributed by atoms with E-state index in [1.54, 1.807) is 0 Å². The van der Waals surface area contributed by atoms with Crippen molar-refractivity contribution in [1.82, 2.24) is 0 Å². The van der Waals surface area contributed by atoms with E-state index in [1.807, 2.05) is 0 Å². The van der Waals surface area contributed by atoms with Gasteiger partial charge in [-0.05, 0) is 126 Å². The van der Waals surface area contributed by atoms with E-state index >= 15 is 0 Å². The SMILES string of the molecule is C1=Cc2c(c(-c3ccc4oc5cc6ccccc6cc5c4c3)c3ccccc3c2-c2cc(-c3ccccc3)cc3ccccc23)CC1. The summed E-state index contributed by atoms with van der Waals surface area (Å²) in [5, 5.41) is 9.88. The summed E-state index contributed by atoms with van der Waals surface area (Å²) in [7, 11) is 0. The van der Waals surface area contributed by atoms with E-state index in [0.29, 0.717) is 0 Å². The van der Waals surface area contributed by atoms with Crippen molar-refractivity contribution in [2.24, 2.45) is 0 Å². The highest BCUT2D eigenvalue weighted by molar-refractivity contribution is 6.16. The molecule has 8 aromatic carbocycles. The number of hydrogen-bond donors (Lipinski definition) is 0. The van der Waals surface area contributed by atoms with Crippen LogP contribution in [0, 0.1) is 0 Å². The topological polar surface area (TPSA) is 13.1 Å². The molecule has 9 aromatic rings. The predicted octanol–water partition coefficient (Wildman–Crippen LogP) is 13.0. The third-order valence-corrected chi connectivity index (χ3v) is 10.1. The van der Waals surface area contributed by atoms with Gasteiger partial charge in [-0.25, -0.2) is 0 Å². The van der Waals surface area contributed by atoms with E-state index in [4.69, 9.17) is 4.42 Å². The molecule has 0 bridgehead atoms. The minimum atomic E-state index is 0.929. The van der Waals surface area contributed by atoms with Crippen LogP contribution >= 0.6 is 0 Å². The van der Waals surface area contributed by atoms with E-state index in [2.05, 4.69) is 158 Å². The lowest BCUT2D eigenvalue weighted by Crippen LogP contribution is -2.03. The molecule has 0 fully saturated rings. The monoisotopic (exact) mass is 598 g/mol. The lowest BCUT2D eigenvalue weighted by Gasteiger charge is -2.25. The first-order valence-corrected chi connectivity index (χ1v) is 16.5. The maximum absolute atomic E-state index is 6.41. The first-order chi connectivity index (χ1) is 23.3. The minimum absolute atomic E-state index is 0.929. The molecule has 0 spiro atoms. The first kappa shape index (κ1) is 26.3. The second kappa shape index (κ2) is 10.3. The summed E-state index contributed by atoms with van der Waals surface area (Å²) in [5.74, 6) is 0. The Morgan fingerprint density at radius 3 is 1.94 bits per heavy atom. The van der Waals surface area contributed by atoms with Crippen molar-refractivity contribution in [3.05, 3.63) is 163 Å². The Bertz CT molecular complexity index is 2720. The highest BCUT2D eigenvalue weighted by atomic mass is 16.3. The van der Waals surface area contributed by atoms with Gasteiger partial charge in [0.05, 0.1) is 0 Å². The Morgan fingerprint density at radius 2 is 1.11 bits per heavy atom. The van der Waals surface area contributed by atoms with E-state index in [0.717, 1.165) is 29.4 Å². The fraction of sp³-hybridized carbons (Fsp3) is 0.0435. The van der Waals surface area contributed by atoms with Crippen molar-refractivity contribution in [2.75, 3.05) is 0 Å². The number of allylic oxidation sites excluding steroid dienone is 1. The van der Waals surface area contributed by atoms with Crippen LogP contribution in [0.15, 0.2) is 156 Å². The first-order valence-electron chi connectivity index (χ1n) is 16.5. The van der Waals surface area contributed by atoms with Crippen LogP contribution in [0.5, 0.6) is 0 Å². The van der Waals surface area contributed by atoms with Crippen molar-refractivity contribution < 1.29 is 4.42 Å². The standard InChI is InChI=1S/C46H30O/c1-2-12-29(13-3-1)34-24-32-16-6-7-17-35(32)42(27-34)46-38-20-10-8-18-36(38)45(37-19-9-11-21-39(37)46)33-22-23-43-40(26-33)41-25-30-14-4-5-15-31(30)28-44(41)47-43/h1-8,10-18,20-28H,9,19H2. The molecule has 1 aliphatic carbocycles. The molecule has 10 rings (SSSR count). The molecule has 1 heteroatoms. The summed E-state index contributed by atoms with van der Waals surface area (Å²) in [6.07, 6.45) is 6.77. The molecule has 1 nitrogen and oxygen atoms in total. The third kappa shape index (κ3) is 4.10. The van der Waals surface area contributed by atoms with Crippen LogP contribution in [-0.4, -0.2) is 0 Å². The quantitative estimate of drug-likeness (QED) is 0.197. The van der Waals surface area contributed by atoms with Crippen molar-refractivity contribution in [3.63, 3.8) is 0 Å². The maximum Gasteiger partial charge on any atom is 0.136 e. The molecule has 0 saturated carbocycles. The van der Waals surface area contributed by atoms with E-state index in [9.17, 15) is 0 Å². The Morgan fingerprint density at radius 1 is 0.426 bits per heavy atom. The van der Waals surface area contributed by atoms with Gasteiger partial charge < -0.3 is 4.42 Å². The summed E-state index contributed by atoms with van der Waals surface area (Å²) < 4.78 is 6.41. The van der Waals surface area contributed by atoms with Crippen LogP contribution in [-0.2, 0) is 6.42 Å². The third-order valence-electron chi connectivity index (χ3n) is 10.1. The Kier molecular flexibility index (Phi) is 5.77. The van der Waals surface area contributed by atoms with Crippen LogP contribution in [0.25, 0.3) is 93.7 Å². The number of furan rings is 1. The highest BCUT2D eigenvalue weighted by Crippen LogP contribution is 2.47. The maximum atomic E-state index is 6.41. The number of hydrogen-bond acceptors (Lipinski definition) is 1. The smallest absolute Gasteiger partial charge is 0.136 e. The van der Waals surface area contributed by atoms with E-state index < -0.39 is 0 Å². The zero-order chi connectivity index (χ0) is 30.9. The molecule has 47 heavy (non-hydrogen) atoms. The molecule has 0 aliphatic heterocycles. The second-order valence-electron chi connectivity index (χ2n) is 12.7. The zero-order valence-electron chi connectivity index (χ0n) is 25.8. The summed E-state index contributed by atoms with van der Waals surface area (Å²) in [4.78, 5) is 0. The molecule has 0 unspecified atom stereocenters. The summed E-state index contributed by atoms with van der Waals surface area (Å²) in [5.41, 5.74) is 12.3. The molecule has 0 N–H and O–H groups in total. The van der Waals surface area contributed by atoms with Crippen LogP contribution in [0.1, 0.15) is 17.5 Å². The Hall–Kier alpha value is -5.92. The van der Waals surface area contributed by atoms with Gasteiger partial charge in [0.25, 0.3) is 0 Å². The van der Waals surface area contributed by atoms with E-state index in [-0.39, 0.29) is 0 Å². The van der Waals surface area contributed by atoms with Crippen LogP contribution in [0.3, 0.4) is 0 Å². The molecule has 0 radical (unpaired) electrons. The van der Waals surface area contributed by atoms with Crippen LogP contribution in [0.4, 0.5) is 0 Å². The highest BCUT2D eigenvalue weighted by Gasteiger charge is 2.23. The van der Waals surface area contributed by atoms with E-state index in [1.165, 1.54) is 82.2 Å². The fourth-order valence-corrected chi connectivity index (χ4v) is 7.94. The van der Waals surface area contributed by atoms with Crippen molar-refractivity contribution >= 4 is 60.3 Å². The lowest BCUT2D eigenvalue weighted by atomic mass is 9.79. The average Bonchev–Trinajstić information content (AvgIpc) is 3.49. The lowest BCUT2D eigenvalue weighted by molar-refractivity contribution is 0.669. The molecule has 1 heterocycles. The fourth-order valence-electron chi connectivity index (χ4n) is 7.94. The summed E-state index contributed by atoms with van der Waals surface area (Å²) in [6.45, 7) is 0. The Labute approximate surface area is 273 Å². The molecular formula is C46H30O. The van der Waals surface area contributed by atoms with Gasteiger partial charge in [0.2, 0.25) is 0 Å². The summed E-state index contributed by atoms with van der Waals surface area (Å²) in [6, 6.07) is 53.1. The second-order valence-corrected chi connectivity index (χ2v) is 12.7. The van der Waals surface area contributed by atoms with Gasteiger partial charge >= 0.3 is 0 Å². The van der Waals surface area contributed by atoms with Crippen molar-refractivity contribution in [3.8, 4) is 33.4 Å². The number of rotatable bonds is 3. The molecular weight excluding hydrogens is 569 g/mol. The molecule has 0 amide bonds. The van der Waals surface area contributed by atoms with Crippen molar-refractivity contribution in [1.29, 1.82) is 0 Å². The van der Waals surface area contributed by atoms with Crippen LogP contribution in [0.2, 0.25) is 0 Å². The number of benzene rings is 8. The van der Waals surface area contributed by atoms with Crippen molar-refractivity contribution in [2.45, 2.75) is 12.8 Å². The molecule has 0 atom stereocenters. The van der Waals surface area contributed by atoms with Gasteiger partial charge in [-0.1, -0.05) is 121 Å². The van der Waals surface area contributed by atoms with Gasteiger partial charge in [-0.15, -0.1) is 0 Å². The predicted molar refractivity (Wildman–Crippen MR) is 200 cm³/mol. The Balaban J connectivity index is 1.28. The summed E-state index contributed by atoms with van der Waals surface area (Å²) >= 11 is 0. The van der Waals surface area contributed by atoms with Gasteiger partial charge in [0, 0.05) is 10.8 Å². The van der Waals surface area contributed by atoms with Gasteiger partial charge in [0.15, 0.2) is 0 Å². The zero-order valence-corrected chi connectivity index (χ0v) is 25.8. The normalized spacial score (nSPS) is 12.9. The minimum Gasteiger partial charge on any atom is -0.456 e. The van der Waals surface area contributed by atoms with Gasteiger partial charge in [-0.2, -0.15) is 0 Å². The van der Waals surface area contributed by atoms with Gasteiger partial charge in [0.1, 0.15) is 11.2 Å². The average molecular weight is 599 g/mol. The molecule has 0 saturated heterocycles. The molecule has 1 aliphatic rings. The van der Waals surface area contributed by atoms with Crippen LogP contribution < -0.4 is 0 Å². The molecule has 1 aromatic heterocycles. The largest absolute Gasteiger partial charge is 0.456 e. The number of fused-ring (bicyclic) bond motifs is 7.